The third-order valence-corrected chi connectivity index (χ3v) is 8.84. The van der Waals surface area contributed by atoms with Crippen LogP contribution in [-0.2, 0) is 11.3 Å². The van der Waals surface area contributed by atoms with Crippen LogP contribution in [0.2, 0.25) is 0 Å². The molecule has 0 aliphatic carbocycles. The van der Waals surface area contributed by atoms with Crippen molar-refractivity contribution in [1.29, 1.82) is 0 Å². The Kier molecular flexibility index (Phi) is 11.6. The zero-order chi connectivity index (χ0) is 33.8. The molecule has 0 bridgehead atoms. The lowest BCUT2D eigenvalue weighted by molar-refractivity contribution is 0.116. The number of hydrogen-bond acceptors (Lipinski definition) is 4. The van der Waals surface area contributed by atoms with Gasteiger partial charge in [0, 0.05) is 47.3 Å². The highest BCUT2D eigenvalue weighted by Gasteiger charge is 2.15. The highest BCUT2D eigenvalue weighted by atomic mass is 16.5. The Labute approximate surface area is 291 Å². The molecule has 0 fully saturated rings. The lowest BCUT2D eigenvalue weighted by Gasteiger charge is -2.26. The second-order valence-electron chi connectivity index (χ2n) is 12.6. The van der Waals surface area contributed by atoms with Crippen molar-refractivity contribution in [1.82, 2.24) is 0 Å². The van der Waals surface area contributed by atoms with E-state index in [2.05, 4.69) is 175 Å². The molecule has 6 aromatic carbocycles. The van der Waals surface area contributed by atoms with Gasteiger partial charge in [-0.05, 0) is 116 Å². The Morgan fingerprint density at radius 2 is 0.816 bits per heavy atom. The lowest BCUT2D eigenvalue weighted by Crippen LogP contribution is -2.10. The average Bonchev–Trinajstić information content (AvgIpc) is 3.15. The average molecular weight is 647 g/mol. The van der Waals surface area contributed by atoms with E-state index in [4.69, 9.17) is 9.84 Å². The molecular weight excluding hydrogens is 601 g/mol. The molecule has 49 heavy (non-hydrogen) atoms. The van der Waals surface area contributed by atoms with E-state index in [0.29, 0.717) is 6.61 Å². The minimum atomic E-state index is 0.272. The van der Waals surface area contributed by atoms with E-state index in [-0.39, 0.29) is 6.61 Å². The summed E-state index contributed by atoms with van der Waals surface area (Å²) < 4.78 is 5.93. The Bertz CT molecular complexity index is 1850. The second-order valence-corrected chi connectivity index (χ2v) is 12.6. The number of aliphatic hydroxyl groups excluding tert-OH is 1. The van der Waals surface area contributed by atoms with Gasteiger partial charge in [-0.15, -0.1) is 0 Å². The predicted octanol–water partition coefficient (Wildman–Crippen LogP) is 12.0. The van der Waals surface area contributed by atoms with Crippen LogP contribution in [0.3, 0.4) is 0 Å². The van der Waals surface area contributed by atoms with Crippen molar-refractivity contribution >= 4 is 34.1 Å². The van der Waals surface area contributed by atoms with E-state index < -0.39 is 0 Å². The third-order valence-electron chi connectivity index (χ3n) is 8.84. The molecule has 0 aliphatic heterocycles. The molecule has 4 nitrogen and oxygen atoms in total. The SMILES string of the molecule is Cc1ccc(N(c2ccccc2)c2ccc(-c3ccc(N(c4ccc(C)cc4)c4ccc(COCCCCCCO)cc4)cc3)cc2)cc1. The summed E-state index contributed by atoms with van der Waals surface area (Å²) in [5, 5.41) is 8.95. The van der Waals surface area contributed by atoms with Crippen molar-refractivity contribution in [2.45, 2.75) is 46.1 Å². The highest BCUT2D eigenvalue weighted by molar-refractivity contribution is 5.80. The van der Waals surface area contributed by atoms with Crippen LogP contribution in [0.1, 0.15) is 42.4 Å². The van der Waals surface area contributed by atoms with E-state index in [1.54, 1.807) is 0 Å². The van der Waals surface area contributed by atoms with E-state index in [1.807, 2.05) is 0 Å². The number of benzene rings is 6. The van der Waals surface area contributed by atoms with Crippen LogP contribution in [0, 0.1) is 13.8 Å². The summed E-state index contributed by atoms with van der Waals surface area (Å²) in [5.74, 6) is 0. The number of aliphatic hydroxyl groups is 1. The minimum absolute atomic E-state index is 0.272. The van der Waals surface area contributed by atoms with Gasteiger partial charge in [-0.1, -0.05) is 103 Å². The molecule has 0 heterocycles. The first-order chi connectivity index (χ1) is 24.1. The van der Waals surface area contributed by atoms with Crippen LogP contribution in [0.4, 0.5) is 34.1 Å². The van der Waals surface area contributed by atoms with Gasteiger partial charge in [0.15, 0.2) is 0 Å². The number of para-hydroxylation sites is 1. The van der Waals surface area contributed by atoms with Crippen LogP contribution >= 0.6 is 0 Å². The molecule has 0 amide bonds. The summed E-state index contributed by atoms with van der Waals surface area (Å²) in [5.41, 5.74) is 12.7. The third kappa shape index (κ3) is 8.85. The molecule has 0 radical (unpaired) electrons. The number of aryl methyl sites for hydroxylation is 2. The second kappa shape index (κ2) is 16.8. The quantitative estimate of drug-likeness (QED) is 0.113. The fraction of sp³-hybridized carbons (Fsp3) is 0.200. The van der Waals surface area contributed by atoms with Crippen molar-refractivity contribution < 1.29 is 9.84 Å². The molecule has 4 heteroatoms. The minimum Gasteiger partial charge on any atom is -0.396 e. The van der Waals surface area contributed by atoms with Gasteiger partial charge in [-0.2, -0.15) is 0 Å². The topological polar surface area (TPSA) is 35.9 Å². The monoisotopic (exact) mass is 646 g/mol. The normalized spacial score (nSPS) is 11.0. The van der Waals surface area contributed by atoms with Gasteiger partial charge in [-0.25, -0.2) is 0 Å². The van der Waals surface area contributed by atoms with Crippen molar-refractivity contribution in [2.75, 3.05) is 23.0 Å². The maximum atomic E-state index is 8.95. The first-order valence-electron chi connectivity index (χ1n) is 17.4. The lowest BCUT2D eigenvalue weighted by atomic mass is 10.0. The number of hydrogen-bond donors (Lipinski definition) is 1. The number of anilines is 6. The molecule has 0 saturated carbocycles. The summed E-state index contributed by atoms with van der Waals surface area (Å²) in [7, 11) is 0. The molecule has 0 saturated heterocycles. The summed E-state index contributed by atoms with van der Waals surface area (Å²) in [6.07, 6.45) is 4.05. The van der Waals surface area contributed by atoms with Crippen LogP contribution in [-0.4, -0.2) is 18.3 Å². The number of rotatable bonds is 15. The van der Waals surface area contributed by atoms with Crippen molar-refractivity contribution in [3.8, 4) is 11.1 Å². The van der Waals surface area contributed by atoms with Gasteiger partial charge < -0.3 is 19.6 Å². The summed E-state index contributed by atoms with van der Waals surface area (Å²) in [4.78, 5) is 4.60. The summed E-state index contributed by atoms with van der Waals surface area (Å²) >= 11 is 0. The van der Waals surface area contributed by atoms with E-state index in [9.17, 15) is 0 Å². The van der Waals surface area contributed by atoms with Crippen LogP contribution < -0.4 is 9.80 Å². The first kappa shape index (κ1) is 33.7. The summed E-state index contributed by atoms with van der Waals surface area (Å²) in [6, 6.07) is 54.3. The zero-order valence-corrected chi connectivity index (χ0v) is 28.6. The molecule has 1 N–H and O–H groups in total. The van der Waals surface area contributed by atoms with Gasteiger partial charge in [0.1, 0.15) is 0 Å². The maximum Gasteiger partial charge on any atom is 0.0716 e. The van der Waals surface area contributed by atoms with Crippen LogP contribution in [0.5, 0.6) is 0 Å². The largest absolute Gasteiger partial charge is 0.396 e. The molecule has 6 rings (SSSR count). The molecule has 6 aromatic rings. The number of nitrogens with zero attached hydrogens (tertiary/aromatic N) is 2. The maximum absolute atomic E-state index is 8.95. The van der Waals surface area contributed by atoms with Gasteiger partial charge in [0.25, 0.3) is 0 Å². The predicted molar refractivity (Wildman–Crippen MR) is 206 cm³/mol. The van der Waals surface area contributed by atoms with E-state index in [1.165, 1.54) is 22.3 Å². The van der Waals surface area contributed by atoms with Crippen molar-refractivity contribution in [2.24, 2.45) is 0 Å². The molecule has 0 atom stereocenters. The molecule has 0 aromatic heterocycles. The molecule has 0 aliphatic rings. The molecule has 0 spiro atoms. The molecular formula is C45H46N2O2. The van der Waals surface area contributed by atoms with Gasteiger partial charge in [0.05, 0.1) is 6.61 Å². The fourth-order valence-electron chi connectivity index (χ4n) is 6.07. The number of unbranched alkanes of at least 4 members (excludes halogenated alkanes) is 3. The first-order valence-corrected chi connectivity index (χ1v) is 17.4. The van der Waals surface area contributed by atoms with E-state index in [0.717, 1.165) is 72.0 Å². The zero-order valence-electron chi connectivity index (χ0n) is 28.6. The van der Waals surface area contributed by atoms with Crippen LogP contribution in [0.25, 0.3) is 11.1 Å². The Morgan fingerprint density at radius 3 is 1.27 bits per heavy atom. The van der Waals surface area contributed by atoms with Gasteiger partial charge in [0.2, 0.25) is 0 Å². The fourth-order valence-corrected chi connectivity index (χ4v) is 6.07. The molecule has 248 valence electrons. The summed E-state index contributed by atoms with van der Waals surface area (Å²) in [6.45, 7) is 5.86. The van der Waals surface area contributed by atoms with Crippen molar-refractivity contribution in [3.63, 3.8) is 0 Å². The smallest absolute Gasteiger partial charge is 0.0716 e. The Balaban J connectivity index is 1.20. The molecule has 0 unspecified atom stereocenters. The van der Waals surface area contributed by atoms with Gasteiger partial charge in [-0.3, -0.25) is 0 Å². The number of ether oxygens (including phenoxy) is 1. The van der Waals surface area contributed by atoms with Gasteiger partial charge >= 0.3 is 0 Å². The Hall–Kier alpha value is -5.16. The standard InChI is InChI=1S/C45H46N2O2/c1-35-12-22-41(23-13-35)46(40-10-6-5-7-11-40)44-28-18-38(19-29-44)39-20-30-45(31-21-39)47(42-24-14-36(2)15-25-42)43-26-16-37(17-27-43)34-49-33-9-4-3-8-32-48/h5-7,10-31,48H,3-4,8-9,32-34H2,1-2H3. The van der Waals surface area contributed by atoms with Crippen molar-refractivity contribution in [3.05, 3.63) is 168 Å². The van der Waals surface area contributed by atoms with Crippen LogP contribution in [0.15, 0.2) is 152 Å². The highest BCUT2D eigenvalue weighted by Crippen LogP contribution is 2.38. The van der Waals surface area contributed by atoms with E-state index >= 15 is 0 Å². The Morgan fingerprint density at radius 1 is 0.429 bits per heavy atom.